The summed E-state index contributed by atoms with van der Waals surface area (Å²) in [5.74, 6) is 0.508. The molecule has 0 saturated carbocycles. The maximum absolute atomic E-state index is 13.8. The predicted octanol–water partition coefficient (Wildman–Crippen LogP) is 4.91. The van der Waals surface area contributed by atoms with E-state index in [4.69, 9.17) is 9.47 Å². The number of halogens is 1. The minimum Gasteiger partial charge on any atom is -0.484 e. The summed E-state index contributed by atoms with van der Waals surface area (Å²) >= 11 is 0. The Bertz CT molecular complexity index is 1160. The highest BCUT2D eigenvalue weighted by atomic mass is 19.1. The summed E-state index contributed by atoms with van der Waals surface area (Å²) in [5, 5.41) is 1.23. The van der Waals surface area contributed by atoms with E-state index in [-0.39, 0.29) is 6.61 Å². The summed E-state index contributed by atoms with van der Waals surface area (Å²) in [6, 6.07) is 19.8. The number of aromatic nitrogens is 1. The van der Waals surface area contributed by atoms with Crippen LogP contribution in [0.5, 0.6) is 5.75 Å². The number of anilines is 1. The van der Waals surface area contributed by atoms with E-state index in [1.165, 1.54) is 0 Å². The molecule has 0 radical (unpaired) electrons. The van der Waals surface area contributed by atoms with Crippen LogP contribution in [-0.4, -0.2) is 37.5 Å². The Morgan fingerprint density at radius 2 is 1.76 bits per heavy atom. The Labute approximate surface area is 201 Å². The zero-order valence-electron chi connectivity index (χ0n) is 20.0. The lowest BCUT2D eigenvalue weighted by atomic mass is 10.1. The Hall–Kier alpha value is -3.44. The molecule has 1 heterocycles. The van der Waals surface area contributed by atoms with Crippen LogP contribution in [0.4, 0.5) is 10.1 Å². The van der Waals surface area contributed by atoms with E-state index >= 15 is 0 Å². The number of rotatable bonds is 12. The molecule has 0 spiro atoms. The van der Waals surface area contributed by atoms with Crippen molar-refractivity contribution >= 4 is 18.3 Å². The molecule has 3 aromatic rings. The first-order valence-corrected chi connectivity index (χ1v) is 11.6. The molecule has 2 aromatic carbocycles. The van der Waals surface area contributed by atoms with E-state index in [0.29, 0.717) is 22.9 Å². The van der Waals surface area contributed by atoms with Gasteiger partial charge >= 0.3 is 0 Å². The molecule has 178 valence electrons. The zero-order valence-corrected chi connectivity index (χ0v) is 20.0. The average molecular weight is 461 g/mol. The molecule has 4 nitrogen and oxygen atoms in total. The molecule has 0 saturated heterocycles. The molecule has 0 aliphatic heterocycles. The third-order valence-corrected chi connectivity index (χ3v) is 5.56. The lowest BCUT2D eigenvalue weighted by molar-refractivity contribution is 0.0292. The van der Waals surface area contributed by atoms with Gasteiger partial charge in [-0.15, -0.1) is 0 Å². The smallest absolute Gasteiger partial charge is 0.150 e. The molecule has 0 aliphatic carbocycles. The lowest BCUT2D eigenvalue weighted by Gasteiger charge is -2.21. The molecule has 0 bridgehead atoms. The largest absolute Gasteiger partial charge is 0.484 e. The fourth-order valence-electron chi connectivity index (χ4n) is 3.73. The highest BCUT2D eigenvalue weighted by Gasteiger charge is 2.14. The maximum Gasteiger partial charge on any atom is 0.150 e. The van der Waals surface area contributed by atoms with Gasteiger partial charge in [0.05, 0.1) is 24.3 Å². The summed E-state index contributed by atoms with van der Waals surface area (Å²) in [4.78, 5) is 6.94. The van der Waals surface area contributed by atoms with Gasteiger partial charge in [-0.1, -0.05) is 61.7 Å². The molecule has 3 rings (SSSR count). The second-order valence-electron chi connectivity index (χ2n) is 7.88. The van der Waals surface area contributed by atoms with Crippen LogP contribution in [0.1, 0.15) is 19.4 Å². The first kappa shape index (κ1) is 25.2. The maximum atomic E-state index is 13.8. The van der Waals surface area contributed by atoms with Crippen LogP contribution in [0.3, 0.4) is 0 Å². The van der Waals surface area contributed by atoms with Crippen LogP contribution in [0.2, 0.25) is 0 Å². The number of pyridine rings is 1. The van der Waals surface area contributed by atoms with E-state index < -0.39 is 12.8 Å². The molecule has 0 N–H and O–H groups in total. The first-order chi connectivity index (χ1) is 16.6. The monoisotopic (exact) mass is 460 g/mol. The Morgan fingerprint density at radius 1 is 1.06 bits per heavy atom. The topological polar surface area (TPSA) is 34.6 Å². The molecule has 5 heteroatoms. The molecular formula is C29H33FN2O2. The van der Waals surface area contributed by atoms with Crippen molar-refractivity contribution in [2.75, 3.05) is 31.3 Å². The van der Waals surface area contributed by atoms with Crippen molar-refractivity contribution in [3.63, 3.8) is 0 Å². The van der Waals surface area contributed by atoms with Crippen LogP contribution in [0.25, 0.3) is 23.9 Å². The van der Waals surface area contributed by atoms with Gasteiger partial charge in [-0.3, -0.25) is 0 Å². The standard InChI is InChI=1S/C29H33FN2O2/c1-5-11-27-22(4)31-28(24-14-16-25(17-15-24)32(6-2)7-3)18-29(27)34-26(19-30)21-33-20-23-12-9-8-10-13-23/h5,8-18,26H,1,4,6-7,19-21H2,2-3H3/b27-11+. The van der Waals surface area contributed by atoms with Crippen LogP contribution >= 0.6 is 0 Å². The number of ether oxygens (including phenoxy) is 2. The Balaban J connectivity index is 1.83. The van der Waals surface area contributed by atoms with E-state index in [1.54, 1.807) is 12.2 Å². The fourth-order valence-corrected chi connectivity index (χ4v) is 3.73. The second kappa shape index (κ2) is 12.7. The lowest BCUT2D eigenvalue weighted by Crippen LogP contribution is -2.33. The van der Waals surface area contributed by atoms with Crippen molar-refractivity contribution in [1.82, 2.24) is 4.98 Å². The number of benzene rings is 2. The first-order valence-electron chi connectivity index (χ1n) is 11.6. The molecule has 1 unspecified atom stereocenters. The van der Waals surface area contributed by atoms with Crippen molar-refractivity contribution < 1.29 is 13.9 Å². The summed E-state index contributed by atoms with van der Waals surface area (Å²) < 4.78 is 25.6. The van der Waals surface area contributed by atoms with E-state index in [0.717, 1.165) is 35.6 Å². The summed E-state index contributed by atoms with van der Waals surface area (Å²) in [6.45, 7) is 13.9. The average Bonchev–Trinajstić information content (AvgIpc) is 2.87. The predicted molar refractivity (Wildman–Crippen MR) is 139 cm³/mol. The van der Waals surface area contributed by atoms with Gasteiger partial charge in [0.2, 0.25) is 0 Å². The van der Waals surface area contributed by atoms with Gasteiger partial charge in [-0.25, -0.2) is 9.37 Å². The van der Waals surface area contributed by atoms with E-state index in [1.807, 2.05) is 48.5 Å². The van der Waals surface area contributed by atoms with Crippen molar-refractivity contribution in [2.45, 2.75) is 26.6 Å². The highest BCUT2D eigenvalue weighted by molar-refractivity contribution is 5.65. The molecular weight excluding hydrogens is 427 g/mol. The van der Waals surface area contributed by atoms with Gasteiger partial charge in [0.25, 0.3) is 0 Å². The fraction of sp³-hybridized carbons (Fsp3) is 0.276. The summed E-state index contributed by atoms with van der Waals surface area (Å²) in [6.07, 6.45) is 2.67. The van der Waals surface area contributed by atoms with Crippen LogP contribution in [0.15, 0.2) is 73.3 Å². The Morgan fingerprint density at radius 3 is 2.38 bits per heavy atom. The molecule has 34 heavy (non-hydrogen) atoms. The summed E-state index contributed by atoms with van der Waals surface area (Å²) in [7, 11) is 0. The molecule has 0 amide bonds. The van der Waals surface area contributed by atoms with Crippen molar-refractivity contribution in [2.24, 2.45) is 0 Å². The van der Waals surface area contributed by atoms with Gasteiger partial charge in [0, 0.05) is 35.6 Å². The molecule has 1 atom stereocenters. The normalized spacial score (nSPS) is 12.4. The number of alkyl halides is 1. The minimum atomic E-state index is -0.750. The van der Waals surface area contributed by atoms with Crippen molar-refractivity contribution in [3.05, 3.63) is 89.4 Å². The van der Waals surface area contributed by atoms with Gasteiger partial charge in [-0.05, 0) is 37.6 Å². The van der Waals surface area contributed by atoms with Crippen LogP contribution in [-0.2, 0) is 11.3 Å². The highest BCUT2D eigenvalue weighted by Crippen LogP contribution is 2.23. The SMILES string of the molecule is C=C/C=c1/c(OC(CF)COCc2ccccc2)cc(-c2ccc(N(CC)CC)cc2)nc1=C. The number of hydrogen-bond acceptors (Lipinski definition) is 4. The molecule has 0 aliphatic rings. The number of hydrogen-bond donors (Lipinski definition) is 0. The molecule has 1 aromatic heterocycles. The minimum absolute atomic E-state index is 0.127. The zero-order chi connectivity index (χ0) is 24.3. The quantitative estimate of drug-likeness (QED) is 0.385. The third-order valence-electron chi connectivity index (χ3n) is 5.56. The number of allylic oxidation sites excluding steroid dienone is 1. The van der Waals surface area contributed by atoms with Crippen molar-refractivity contribution in [1.29, 1.82) is 0 Å². The van der Waals surface area contributed by atoms with E-state index in [9.17, 15) is 4.39 Å². The summed E-state index contributed by atoms with van der Waals surface area (Å²) in [5.41, 5.74) is 3.84. The van der Waals surface area contributed by atoms with Crippen molar-refractivity contribution in [3.8, 4) is 17.0 Å². The molecule has 0 fully saturated rings. The second-order valence-corrected chi connectivity index (χ2v) is 7.88. The van der Waals surface area contributed by atoms with Gasteiger partial charge in [0.1, 0.15) is 12.4 Å². The van der Waals surface area contributed by atoms with Gasteiger partial charge in [0.15, 0.2) is 6.10 Å². The van der Waals surface area contributed by atoms with Crippen LogP contribution < -0.4 is 20.2 Å². The van der Waals surface area contributed by atoms with Crippen LogP contribution in [0, 0.1) is 0 Å². The van der Waals surface area contributed by atoms with E-state index in [2.05, 4.69) is 49.0 Å². The van der Waals surface area contributed by atoms with Gasteiger partial charge in [-0.2, -0.15) is 0 Å². The van der Waals surface area contributed by atoms with Gasteiger partial charge < -0.3 is 14.4 Å². The number of nitrogens with zero attached hydrogens (tertiary/aromatic N) is 2. The Kier molecular flexibility index (Phi) is 9.41. The third kappa shape index (κ3) is 6.55.